The average molecular weight is 725 g/mol. The van der Waals surface area contributed by atoms with Gasteiger partial charge in [0.15, 0.2) is 5.82 Å². The molecule has 3 heterocycles. The van der Waals surface area contributed by atoms with Gasteiger partial charge in [-0.25, -0.2) is 9.37 Å². The molecule has 2 fully saturated rings. The van der Waals surface area contributed by atoms with Crippen LogP contribution in [0.5, 0.6) is 5.75 Å². The zero-order valence-electron chi connectivity index (χ0n) is 28.6. The second-order valence-corrected chi connectivity index (χ2v) is 13.6. The Labute approximate surface area is 304 Å². The predicted octanol–water partition coefficient (Wildman–Crippen LogP) is 3.83. The number of halogens is 1. The van der Waals surface area contributed by atoms with Crippen molar-refractivity contribution < 1.29 is 44.6 Å². The van der Waals surface area contributed by atoms with E-state index in [1.165, 1.54) is 30.6 Å². The number of aryl methyl sites for hydroxylation is 2. The van der Waals surface area contributed by atoms with Crippen molar-refractivity contribution in [2.45, 2.75) is 68.3 Å². The van der Waals surface area contributed by atoms with Crippen LogP contribution in [0.2, 0.25) is 0 Å². The Balaban J connectivity index is 1.14. The first kappa shape index (κ1) is 36.3. The first-order valence-electron chi connectivity index (χ1n) is 17.6. The molecule has 2 saturated heterocycles. The molecule has 7 N–H and O–H groups in total. The highest BCUT2D eigenvalue weighted by molar-refractivity contribution is 6.03. The van der Waals surface area contributed by atoms with Crippen LogP contribution in [0.15, 0.2) is 97.3 Å². The number of aromatic amines is 1. The summed E-state index contributed by atoms with van der Waals surface area (Å²) in [6, 6.07) is 24.9. The fourth-order valence-corrected chi connectivity index (χ4v) is 7.34. The first-order valence-corrected chi connectivity index (χ1v) is 17.6. The van der Waals surface area contributed by atoms with E-state index in [2.05, 4.69) is 15.2 Å². The third-order valence-corrected chi connectivity index (χ3v) is 10.3. The maximum atomic E-state index is 13.8. The third kappa shape index (κ3) is 7.45. The van der Waals surface area contributed by atoms with Crippen molar-refractivity contribution in [1.82, 2.24) is 15.2 Å². The summed E-state index contributed by atoms with van der Waals surface area (Å²) in [5, 5.41) is 70.1. The number of phenols is 1. The van der Waals surface area contributed by atoms with E-state index in [1.807, 2.05) is 36.4 Å². The summed E-state index contributed by atoms with van der Waals surface area (Å²) in [5.41, 5.74) is 4.57. The number of carbonyl (C=O) groups excluding carboxylic acids is 1. The van der Waals surface area contributed by atoms with Gasteiger partial charge in [-0.1, -0.05) is 54.6 Å². The molecule has 1 unspecified atom stereocenters. The van der Waals surface area contributed by atoms with Crippen LogP contribution in [0.25, 0.3) is 11.1 Å². The summed E-state index contributed by atoms with van der Waals surface area (Å²) >= 11 is 0. The van der Waals surface area contributed by atoms with E-state index in [0.29, 0.717) is 58.6 Å². The number of ether oxygens (including phenoxy) is 1. The molecule has 8 atom stereocenters. The van der Waals surface area contributed by atoms with Crippen molar-refractivity contribution in [3.63, 3.8) is 0 Å². The molecule has 7 rings (SSSR count). The van der Waals surface area contributed by atoms with E-state index in [-0.39, 0.29) is 18.1 Å². The van der Waals surface area contributed by atoms with Crippen molar-refractivity contribution in [3.05, 3.63) is 131 Å². The fourth-order valence-electron chi connectivity index (χ4n) is 7.34. The lowest BCUT2D eigenvalue weighted by Gasteiger charge is -2.48. The highest BCUT2D eigenvalue weighted by Gasteiger charge is 2.49. The molecule has 5 aromatic rings. The standard InChI is InChI=1S/C40H41FN4O8/c41-27-10-7-23(8-11-27)31(47)16-15-30-35(45(40(30)52)28-12-4-22(5-13-28)6-17-34-42-21-43-44-34)29-14-9-25(19-32(29)48)24-2-1-3-26(18-24)39-38(51)37(50)36(49)33(20-46)53-39/h1-5,7-14,18-19,21,30-31,33,35-39,46-51H,6,15-17,20H2,(H,42,43,44)/t30-,31+,33-,35-,36-,37+,38-,39?/m1/s1. The van der Waals surface area contributed by atoms with Crippen molar-refractivity contribution in [3.8, 4) is 16.9 Å². The van der Waals surface area contributed by atoms with Gasteiger partial charge in [-0.05, 0) is 83.5 Å². The quantitative estimate of drug-likeness (QED) is 0.0931. The molecule has 2 aliphatic heterocycles. The predicted molar refractivity (Wildman–Crippen MR) is 191 cm³/mol. The van der Waals surface area contributed by atoms with E-state index in [1.54, 1.807) is 35.2 Å². The molecule has 0 spiro atoms. The van der Waals surface area contributed by atoms with E-state index in [9.17, 15) is 39.8 Å². The van der Waals surface area contributed by atoms with Gasteiger partial charge in [0.05, 0.1) is 24.7 Å². The highest BCUT2D eigenvalue weighted by atomic mass is 19.1. The Morgan fingerprint density at radius 2 is 1.64 bits per heavy atom. The Morgan fingerprint density at radius 1 is 0.887 bits per heavy atom. The molecule has 13 heteroatoms. The van der Waals surface area contributed by atoms with E-state index in [0.717, 1.165) is 5.56 Å². The largest absolute Gasteiger partial charge is 0.508 e. The molecule has 276 valence electrons. The van der Waals surface area contributed by atoms with Crippen LogP contribution in [0.3, 0.4) is 0 Å². The molecule has 1 amide bonds. The minimum absolute atomic E-state index is 0.0459. The number of hydrogen-bond acceptors (Lipinski definition) is 10. The van der Waals surface area contributed by atoms with Gasteiger partial charge < -0.3 is 40.3 Å². The Morgan fingerprint density at radius 3 is 2.34 bits per heavy atom. The molecule has 2 aliphatic rings. The van der Waals surface area contributed by atoms with Crippen molar-refractivity contribution in [2.24, 2.45) is 5.92 Å². The summed E-state index contributed by atoms with van der Waals surface area (Å²) in [5.74, 6) is -0.450. The lowest BCUT2D eigenvalue weighted by Crippen LogP contribution is -2.55. The molecule has 53 heavy (non-hydrogen) atoms. The molecule has 0 radical (unpaired) electrons. The van der Waals surface area contributed by atoms with Crippen LogP contribution < -0.4 is 4.90 Å². The number of aromatic nitrogens is 3. The van der Waals surface area contributed by atoms with Gasteiger partial charge in [0.25, 0.3) is 0 Å². The number of aromatic hydroxyl groups is 1. The minimum atomic E-state index is -1.52. The van der Waals surface area contributed by atoms with Gasteiger partial charge >= 0.3 is 0 Å². The molecule has 0 aliphatic carbocycles. The number of β-lactam (4-membered cyclic amide) rings is 1. The zero-order chi connectivity index (χ0) is 37.2. The number of benzene rings is 4. The highest BCUT2D eigenvalue weighted by Crippen LogP contribution is 2.49. The number of nitrogens with one attached hydrogen (secondary N) is 1. The Hall–Kier alpha value is -5.02. The van der Waals surface area contributed by atoms with Gasteiger partial charge in [0.1, 0.15) is 48.4 Å². The van der Waals surface area contributed by atoms with Gasteiger partial charge in [-0.15, -0.1) is 0 Å². The van der Waals surface area contributed by atoms with Crippen LogP contribution >= 0.6 is 0 Å². The number of aliphatic hydroxyl groups is 5. The lowest BCUT2D eigenvalue weighted by molar-refractivity contribution is -0.231. The van der Waals surface area contributed by atoms with Crippen LogP contribution in [0.1, 0.15) is 59.2 Å². The fraction of sp³-hybridized carbons (Fsp3) is 0.325. The zero-order valence-corrected chi connectivity index (χ0v) is 28.6. The number of aliphatic hydroxyl groups excluding tert-OH is 5. The topological polar surface area (TPSA) is 192 Å². The average Bonchev–Trinajstić information content (AvgIpc) is 3.70. The van der Waals surface area contributed by atoms with Gasteiger partial charge in [0, 0.05) is 17.7 Å². The molecular weight excluding hydrogens is 683 g/mol. The summed E-state index contributed by atoms with van der Waals surface area (Å²) in [7, 11) is 0. The molecule has 0 bridgehead atoms. The van der Waals surface area contributed by atoms with E-state index in [4.69, 9.17) is 4.74 Å². The van der Waals surface area contributed by atoms with Crippen LogP contribution in [-0.4, -0.2) is 82.8 Å². The molecule has 1 aromatic heterocycles. The second-order valence-electron chi connectivity index (χ2n) is 13.6. The Kier molecular flexibility index (Phi) is 10.6. The van der Waals surface area contributed by atoms with Crippen molar-refractivity contribution in [1.29, 1.82) is 0 Å². The normalized spacial score (nSPS) is 24.9. The third-order valence-electron chi connectivity index (χ3n) is 10.3. The molecular formula is C40H41FN4O8. The van der Waals surface area contributed by atoms with Crippen molar-refractivity contribution in [2.75, 3.05) is 11.5 Å². The SMILES string of the molecule is O=C1[C@H](CC[C@H](O)c2ccc(F)cc2)[C@@H](c2ccc(-c3cccc(C4O[C@H](CO)[C@@H](O)[C@H](O)[C@H]4O)c3)cc2O)N1c1ccc(CCc2nc[nH]n2)cc1. The molecule has 4 aromatic carbocycles. The number of nitrogens with zero attached hydrogens (tertiary/aromatic N) is 3. The monoisotopic (exact) mass is 724 g/mol. The summed E-state index contributed by atoms with van der Waals surface area (Å²) < 4.78 is 19.3. The van der Waals surface area contributed by atoms with Crippen molar-refractivity contribution >= 4 is 11.6 Å². The second kappa shape index (κ2) is 15.5. The van der Waals surface area contributed by atoms with Crippen LogP contribution in [0, 0.1) is 11.7 Å². The maximum absolute atomic E-state index is 13.8. The maximum Gasteiger partial charge on any atom is 0.233 e. The number of anilines is 1. The van der Waals surface area contributed by atoms with Gasteiger partial charge in [-0.3, -0.25) is 9.89 Å². The molecule has 0 saturated carbocycles. The summed E-state index contributed by atoms with van der Waals surface area (Å²) in [6.07, 6.45) is -3.97. The van der Waals surface area contributed by atoms with Gasteiger partial charge in [0.2, 0.25) is 5.91 Å². The minimum Gasteiger partial charge on any atom is -0.508 e. The lowest BCUT2D eigenvalue weighted by atomic mass is 9.77. The van der Waals surface area contributed by atoms with Crippen LogP contribution in [-0.2, 0) is 22.4 Å². The van der Waals surface area contributed by atoms with Crippen LogP contribution in [0.4, 0.5) is 10.1 Å². The molecule has 12 nitrogen and oxygen atoms in total. The number of rotatable bonds is 12. The first-order chi connectivity index (χ1) is 25.6. The number of H-pyrrole nitrogens is 1. The number of hydrogen-bond donors (Lipinski definition) is 7. The summed E-state index contributed by atoms with van der Waals surface area (Å²) in [6.45, 7) is -0.545. The summed E-state index contributed by atoms with van der Waals surface area (Å²) in [4.78, 5) is 19.6. The number of amides is 1. The van der Waals surface area contributed by atoms with Gasteiger partial charge in [-0.2, -0.15) is 5.10 Å². The smallest absolute Gasteiger partial charge is 0.233 e. The van der Waals surface area contributed by atoms with E-state index >= 15 is 0 Å². The Bertz CT molecular complexity index is 2010. The number of carbonyl (C=O) groups is 1. The number of phenolic OH excluding ortho intramolecular Hbond substituents is 1. The van der Waals surface area contributed by atoms with E-state index < -0.39 is 61.0 Å².